The molecule has 2 amide bonds. The van der Waals surface area contributed by atoms with Crippen molar-refractivity contribution in [2.75, 3.05) is 0 Å². The highest BCUT2D eigenvalue weighted by molar-refractivity contribution is 5.94. The molecule has 0 aromatic carbocycles. The molecule has 0 saturated heterocycles. The minimum atomic E-state index is -1.18. The number of hydrogen-bond donors (Lipinski definition) is 4. The van der Waals surface area contributed by atoms with E-state index in [4.69, 9.17) is 10.2 Å². The van der Waals surface area contributed by atoms with Gasteiger partial charge in [0.05, 0.1) is 0 Å². The lowest BCUT2D eigenvalue weighted by Crippen LogP contribution is -2.54. The maximum atomic E-state index is 11.8. The van der Waals surface area contributed by atoms with E-state index in [1.807, 2.05) is 20.8 Å². The molecule has 1 rings (SSSR count). The van der Waals surface area contributed by atoms with Crippen LogP contribution in [-0.4, -0.2) is 45.0 Å². The molecule has 0 atom stereocenters. The zero-order chi connectivity index (χ0) is 20.0. The highest BCUT2D eigenvalue weighted by atomic mass is 16.4. The first-order chi connectivity index (χ1) is 11.9. The second-order valence-electron chi connectivity index (χ2n) is 7.38. The van der Waals surface area contributed by atoms with Crippen molar-refractivity contribution in [1.29, 1.82) is 0 Å². The first kappa shape index (κ1) is 21.4. The SMILES string of the molecule is CC1(NC(=O)/C=C/C(=O)O)CCC(C(C)(C)NC(=O)/C=C/C(=O)O)CC1. The summed E-state index contributed by atoms with van der Waals surface area (Å²) in [5.74, 6) is -3.09. The van der Waals surface area contributed by atoms with Gasteiger partial charge in [-0.25, -0.2) is 9.59 Å². The fourth-order valence-electron chi connectivity index (χ4n) is 3.20. The maximum absolute atomic E-state index is 11.8. The summed E-state index contributed by atoms with van der Waals surface area (Å²) in [5, 5.41) is 22.8. The van der Waals surface area contributed by atoms with Crippen LogP contribution in [0.25, 0.3) is 0 Å². The van der Waals surface area contributed by atoms with Gasteiger partial charge in [0, 0.05) is 35.4 Å². The molecule has 0 aromatic rings. The molecule has 0 bridgehead atoms. The predicted octanol–water partition coefficient (Wildman–Crippen LogP) is 1.23. The van der Waals surface area contributed by atoms with Crippen LogP contribution in [0.15, 0.2) is 24.3 Å². The molecule has 0 unspecified atom stereocenters. The van der Waals surface area contributed by atoms with E-state index in [0.717, 1.165) is 37.1 Å². The zero-order valence-electron chi connectivity index (χ0n) is 15.2. The minimum absolute atomic E-state index is 0.171. The van der Waals surface area contributed by atoms with E-state index in [9.17, 15) is 19.2 Å². The molecule has 8 nitrogen and oxygen atoms in total. The van der Waals surface area contributed by atoms with Gasteiger partial charge in [-0.15, -0.1) is 0 Å². The lowest BCUT2D eigenvalue weighted by Gasteiger charge is -2.44. The van der Waals surface area contributed by atoms with Crippen LogP contribution in [0.1, 0.15) is 46.5 Å². The molecule has 0 heterocycles. The topological polar surface area (TPSA) is 133 Å². The Hall–Kier alpha value is -2.64. The third-order valence-electron chi connectivity index (χ3n) is 4.73. The van der Waals surface area contributed by atoms with Crippen LogP contribution in [0.3, 0.4) is 0 Å². The van der Waals surface area contributed by atoms with Crippen molar-refractivity contribution in [3.05, 3.63) is 24.3 Å². The van der Waals surface area contributed by atoms with Crippen LogP contribution in [0.5, 0.6) is 0 Å². The molecule has 0 radical (unpaired) electrons. The van der Waals surface area contributed by atoms with Crippen molar-refractivity contribution in [1.82, 2.24) is 10.6 Å². The Morgan fingerprint density at radius 3 is 1.85 bits per heavy atom. The van der Waals surface area contributed by atoms with Crippen molar-refractivity contribution in [2.45, 2.75) is 57.5 Å². The van der Waals surface area contributed by atoms with Crippen LogP contribution < -0.4 is 10.6 Å². The van der Waals surface area contributed by atoms with E-state index in [-0.39, 0.29) is 5.92 Å². The maximum Gasteiger partial charge on any atom is 0.328 e. The summed E-state index contributed by atoms with van der Waals surface area (Å²) in [6.45, 7) is 5.69. The summed E-state index contributed by atoms with van der Waals surface area (Å²) in [6, 6.07) is 0. The molecule has 0 spiro atoms. The van der Waals surface area contributed by atoms with E-state index < -0.39 is 34.8 Å². The second kappa shape index (κ2) is 8.64. The molecule has 1 aliphatic rings. The monoisotopic (exact) mass is 366 g/mol. The van der Waals surface area contributed by atoms with Gasteiger partial charge < -0.3 is 20.8 Å². The van der Waals surface area contributed by atoms with E-state index >= 15 is 0 Å². The third-order valence-corrected chi connectivity index (χ3v) is 4.73. The first-order valence-electron chi connectivity index (χ1n) is 8.40. The van der Waals surface area contributed by atoms with Gasteiger partial charge >= 0.3 is 11.9 Å². The third kappa shape index (κ3) is 7.08. The number of amides is 2. The standard InChI is InChI=1S/C18H26N2O6/c1-17(2,19-13(21)4-6-15(23)24)12-8-10-18(3,11-9-12)20-14(22)5-7-16(25)26/h4-7,12H,8-11H2,1-3H3,(H,19,21)(H,20,22)(H,23,24)(H,25,26)/b6-4+,7-5+. The average Bonchev–Trinajstić information content (AvgIpc) is 2.50. The lowest BCUT2D eigenvalue weighted by molar-refractivity contribution is -0.132. The Morgan fingerprint density at radius 2 is 1.38 bits per heavy atom. The first-order valence-corrected chi connectivity index (χ1v) is 8.40. The molecule has 0 aromatic heterocycles. The van der Waals surface area contributed by atoms with Crippen molar-refractivity contribution in [3.8, 4) is 0 Å². The quantitative estimate of drug-likeness (QED) is 0.501. The highest BCUT2D eigenvalue weighted by Crippen LogP contribution is 2.37. The number of aliphatic carboxylic acids is 2. The number of carbonyl (C=O) groups excluding carboxylic acids is 2. The van der Waals surface area contributed by atoms with E-state index in [1.54, 1.807) is 0 Å². The molecule has 1 saturated carbocycles. The summed E-state index contributed by atoms with van der Waals surface area (Å²) in [4.78, 5) is 44.6. The summed E-state index contributed by atoms with van der Waals surface area (Å²) < 4.78 is 0. The van der Waals surface area contributed by atoms with Gasteiger partial charge in [-0.1, -0.05) is 0 Å². The Morgan fingerprint density at radius 1 is 0.923 bits per heavy atom. The average molecular weight is 366 g/mol. The Labute approximate surface area is 152 Å². The molecular formula is C18H26N2O6. The van der Waals surface area contributed by atoms with E-state index in [0.29, 0.717) is 12.8 Å². The summed E-state index contributed by atoms with van der Waals surface area (Å²) in [6.07, 6.45) is 6.48. The second-order valence-corrected chi connectivity index (χ2v) is 7.38. The minimum Gasteiger partial charge on any atom is -0.478 e. The van der Waals surface area contributed by atoms with Crippen LogP contribution in [0.2, 0.25) is 0 Å². The summed E-state index contributed by atoms with van der Waals surface area (Å²) in [5.41, 5.74) is -0.950. The molecule has 0 aliphatic heterocycles. The van der Waals surface area contributed by atoms with Crippen molar-refractivity contribution < 1.29 is 29.4 Å². The summed E-state index contributed by atoms with van der Waals surface area (Å²) in [7, 11) is 0. The van der Waals surface area contributed by atoms with Gasteiger partial charge in [0.2, 0.25) is 11.8 Å². The lowest BCUT2D eigenvalue weighted by atomic mass is 9.70. The van der Waals surface area contributed by atoms with Gasteiger partial charge in [-0.3, -0.25) is 9.59 Å². The molecule has 1 fully saturated rings. The van der Waals surface area contributed by atoms with Gasteiger partial charge in [-0.2, -0.15) is 0 Å². The van der Waals surface area contributed by atoms with E-state index in [2.05, 4.69) is 10.6 Å². The summed E-state index contributed by atoms with van der Waals surface area (Å²) >= 11 is 0. The van der Waals surface area contributed by atoms with Crippen molar-refractivity contribution in [3.63, 3.8) is 0 Å². The molecule has 4 N–H and O–H groups in total. The Kier molecular flexibility index (Phi) is 7.11. The van der Waals surface area contributed by atoms with Gasteiger partial charge in [0.1, 0.15) is 0 Å². The number of rotatable bonds is 7. The molecule has 26 heavy (non-hydrogen) atoms. The smallest absolute Gasteiger partial charge is 0.328 e. The Balaban J connectivity index is 2.60. The van der Waals surface area contributed by atoms with Crippen molar-refractivity contribution in [2.24, 2.45) is 5.92 Å². The largest absolute Gasteiger partial charge is 0.478 e. The number of carboxylic acid groups (broad SMARTS) is 2. The highest BCUT2D eigenvalue weighted by Gasteiger charge is 2.38. The molecule has 144 valence electrons. The molecular weight excluding hydrogens is 340 g/mol. The fraction of sp³-hybridized carbons (Fsp3) is 0.556. The zero-order valence-corrected chi connectivity index (χ0v) is 15.2. The van der Waals surface area contributed by atoms with E-state index in [1.165, 1.54) is 0 Å². The number of hydrogen-bond acceptors (Lipinski definition) is 4. The van der Waals surface area contributed by atoms with Crippen LogP contribution in [0, 0.1) is 5.92 Å². The number of nitrogens with one attached hydrogen (secondary N) is 2. The van der Waals surface area contributed by atoms with Crippen LogP contribution in [-0.2, 0) is 19.2 Å². The van der Waals surface area contributed by atoms with Gasteiger partial charge in [0.25, 0.3) is 0 Å². The van der Waals surface area contributed by atoms with Crippen molar-refractivity contribution >= 4 is 23.8 Å². The van der Waals surface area contributed by atoms with Gasteiger partial charge in [-0.05, 0) is 52.4 Å². The predicted molar refractivity (Wildman–Crippen MR) is 94.3 cm³/mol. The fourth-order valence-corrected chi connectivity index (χ4v) is 3.20. The molecule has 1 aliphatic carbocycles. The Bertz CT molecular complexity index is 628. The number of carboxylic acids is 2. The normalized spacial score (nSPS) is 23.7. The molecule has 8 heteroatoms. The van der Waals surface area contributed by atoms with Crippen LogP contribution >= 0.6 is 0 Å². The number of carbonyl (C=O) groups is 4. The van der Waals surface area contributed by atoms with Gasteiger partial charge in [0.15, 0.2) is 0 Å². The van der Waals surface area contributed by atoms with Crippen LogP contribution in [0.4, 0.5) is 0 Å².